The number of hydrogen-bond donors (Lipinski definition) is 1. The normalized spacial score (nSPS) is 18.6. The molecule has 4 heteroatoms. The van der Waals surface area contributed by atoms with Crippen LogP contribution < -0.4 is 4.74 Å². The number of fused-ring (bicyclic) bond motifs is 1. The number of benzene rings is 1. The van der Waals surface area contributed by atoms with Crippen LogP contribution in [-0.2, 0) is 6.42 Å². The Morgan fingerprint density at radius 2 is 2.25 bits per heavy atom. The second-order valence-corrected chi connectivity index (χ2v) is 5.94. The largest absolute Gasteiger partial charge is 0.496 e. The number of halogens is 1. The molecule has 0 bridgehead atoms. The van der Waals surface area contributed by atoms with E-state index in [1.54, 1.807) is 13.3 Å². The lowest BCUT2D eigenvalue weighted by Gasteiger charge is -2.21. The lowest BCUT2D eigenvalue weighted by atomic mass is 9.93. The summed E-state index contributed by atoms with van der Waals surface area (Å²) in [5.74, 6) is 0.748. The van der Waals surface area contributed by atoms with Crippen LogP contribution >= 0.6 is 15.9 Å². The summed E-state index contributed by atoms with van der Waals surface area (Å²) in [6.07, 6.45) is 3.10. The van der Waals surface area contributed by atoms with E-state index in [0.717, 1.165) is 28.6 Å². The second kappa shape index (κ2) is 5.54. The molecular formula is C16H16BrNO2. The maximum Gasteiger partial charge on any atom is 0.125 e. The van der Waals surface area contributed by atoms with Crippen molar-refractivity contribution in [2.75, 3.05) is 7.11 Å². The van der Waals surface area contributed by atoms with Crippen molar-refractivity contribution in [1.29, 1.82) is 0 Å². The average Bonchev–Trinajstić information content (AvgIpc) is 2.90. The first-order chi connectivity index (χ1) is 9.70. The molecule has 0 radical (unpaired) electrons. The molecule has 104 valence electrons. The Bertz CT molecular complexity index is 630. The highest BCUT2D eigenvalue weighted by Gasteiger charge is 2.32. The first-order valence-electron chi connectivity index (χ1n) is 6.66. The Kier molecular flexibility index (Phi) is 3.76. The fraction of sp³-hybridized carbons (Fsp3) is 0.312. The molecule has 0 saturated carbocycles. The Morgan fingerprint density at radius 3 is 3.05 bits per heavy atom. The molecule has 2 unspecified atom stereocenters. The summed E-state index contributed by atoms with van der Waals surface area (Å²) in [4.78, 5) is 4.45. The Hall–Kier alpha value is -1.39. The molecule has 1 aromatic carbocycles. The van der Waals surface area contributed by atoms with Crippen LogP contribution in [0.25, 0.3) is 0 Å². The first-order valence-corrected chi connectivity index (χ1v) is 7.45. The standard InChI is InChI=1S/C16H16BrNO2/c1-20-14-9-11(17)5-7-12(14)16(19)13-6-4-10-3-2-8-18-15(10)13/h2-3,5,7-9,13,16,19H,4,6H2,1H3. The highest BCUT2D eigenvalue weighted by Crippen LogP contribution is 2.43. The van der Waals surface area contributed by atoms with Crippen LogP contribution in [0.1, 0.15) is 35.3 Å². The Labute approximate surface area is 126 Å². The summed E-state index contributed by atoms with van der Waals surface area (Å²) in [6, 6.07) is 9.76. The topological polar surface area (TPSA) is 42.4 Å². The quantitative estimate of drug-likeness (QED) is 0.932. The highest BCUT2D eigenvalue weighted by atomic mass is 79.9. The number of rotatable bonds is 3. The van der Waals surface area contributed by atoms with E-state index in [1.807, 2.05) is 24.3 Å². The smallest absolute Gasteiger partial charge is 0.125 e. The zero-order valence-electron chi connectivity index (χ0n) is 11.2. The number of nitrogens with zero attached hydrogens (tertiary/aromatic N) is 1. The van der Waals surface area contributed by atoms with Crippen molar-refractivity contribution < 1.29 is 9.84 Å². The molecule has 0 saturated heterocycles. The summed E-state index contributed by atoms with van der Waals surface area (Å²) >= 11 is 3.42. The Balaban J connectivity index is 1.96. The van der Waals surface area contributed by atoms with Crippen molar-refractivity contribution in [3.8, 4) is 5.75 Å². The summed E-state index contributed by atoms with van der Waals surface area (Å²) in [5, 5.41) is 10.7. The number of methoxy groups -OCH3 is 1. The van der Waals surface area contributed by atoms with E-state index in [-0.39, 0.29) is 5.92 Å². The molecule has 1 N–H and O–H groups in total. The minimum Gasteiger partial charge on any atom is -0.496 e. The van der Waals surface area contributed by atoms with Crippen molar-refractivity contribution in [2.24, 2.45) is 0 Å². The van der Waals surface area contributed by atoms with Crippen LogP contribution in [0, 0.1) is 0 Å². The number of aliphatic hydroxyl groups excluding tert-OH is 1. The first kappa shape index (κ1) is 13.6. The molecule has 0 fully saturated rings. The van der Waals surface area contributed by atoms with Gasteiger partial charge in [0.2, 0.25) is 0 Å². The van der Waals surface area contributed by atoms with E-state index in [0.29, 0.717) is 5.75 Å². The van der Waals surface area contributed by atoms with Gasteiger partial charge in [-0.25, -0.2) is 0 Å². The third-order valence-corrected chi connectivity index (χ3v) is 4.39. The summed E-state index contributed by atoms with van der Waals surface area (Å²) < 4.78 is 6.32. The number of aliphatic hydroxyl groups is 1. The molecule has 2 atom stereocenters. The van der Waals surface area contributed by atoms with Gasteiger partial charge in [-0.05, 0) is 36.6 Å². The van der Waals surface area contributed by atoms with Crippen LogP contribution in [0.15, 0.2) is 41.0 Å². The zero-order chi connectivity index (χ0) is 14.1. The molecule has 20 heavy (non-hydrogen) atoms. The average molecular weight is 334 g/mol. The van der Waals surface area contributed by atoms with Crippen molar-refractivity contribution in [2.45, 2.75) is 24.9 Å². The van der Waals surface area contributed by atoms with Gasteiger partial charge in [-0.1, -0.05) is 28.1 Å². The van der Waals surface area contributed by atoms with E-state index in [4.69, 9.17) is 4.74 Å². The van der Waals surface area contributed by atoms with Gasteiger partial charge in [-0.15, -0.1) is 0 Å². The minimum absolute atomic E-state index is 0.0428. The fourth-order valence-corrected chi connectivity index (χ4v) is 3.24. The molecule has 3 nitrogen and oxygen atoms in total. The van der Waals surface area contributed by atoms with Gasteiger partial charge in [0.05, 0.1) is 13.2 Å². The van der Waals surface area contributed by atoms with E-state index < -0.39 is 6.10 Å². The molecule has 3 rings (SSSR count). The van der Waals surface area contributed by atoms with E-state index >= 15 is 0 Å². The molecule has 2 aromatic rings. The minimum atomic E-state index is -0.589. The van der Waals surface area contributed by atoms with Gasteiger partial charge in [0.15, 0.2) is 0 Å². The lowest BCUT2D eigenvalue weighted by molar-refractivity contribution is 0.139. The third kappa shape index (κ3) is 2.34. The number of ether oxygens (including phenoxy) is 1. The molecule has 0 amide bonds. The molecule has 1 aliphatic rings. The predicted octanol–water partition coefficient (Wildman–Crippen LogP) is 3.62. The van der Waals surface area contributed by atoms with Gasteiger partial charge in [0, 0.05) is 27.8 Å². The molecule has 0 aliphatic heterocycles. The number of hydrogen-bond acceptors (Lipinski definition) is 3. The van der Waals surface area contributed by atoms with E-state index in [2.05, 4.69) is 27.0 Å². The van der Waals surface area contributed by atoms with E-state index in [1.165, 1.54) is 5.56 Å². The predicted molar refractivity (Wildman–Crippen MR) is 81.0 cm³/mol. The van der Waals surface area contributed by atoms with Crippen LogP contribution in [0.3, 0.4) is 0 Å². The van der Waals surface area contributed by atoms with Crippen molar-refractivity contribution in [3.05, 3.63) is 57.8 Å². The van der Waals surface area contributed by atoms with Gasteiger partial charge in [0.1, 0.15) is 5.75 Å². The Morgan fingerprint density at radius 1 is 1.40 bits per heavy atom. The van der Waals surface area contributed by atoms with Gasteiger partial charge in [-0.2, -0.15) is 0 Å². The van der Waals surface area contributed by atoms with Crippen LogP contribution in [0.4, 0.5) is 0 Å². The maximum atomic E-state index is 10.7. The van der Waals surface area contributed by atoms with Crippen LogP contribution in [-0.4, -0.2) is 17.2 Å². The van der Waals surface area contributed by atoms with Crippen LogP contribution in [0.2, 0.25) is 0 Å². The third-order valence-electron chi connectivity index (χ3n) is 3.90. The van der Waals surface area contributed by atoms with Crippen molar-refractivity contribution in [1.82, 2.24) is 4.98 Å². The van der Waals surface area contributed by atoms with E-state index in [9.17, 15) is 5.11 Å². The number of aromatic nitrogens is 1. The lowest BCUT2D eigenvalue weighted by Crippen LogP contribution is -2.10. The second-order valence-electron chi connectivity index (χ2n) is 5.02. The van der Waals surface area contributed by atoms with Crippen molar-refractivity contribution in [3.63, 3.8) is 0 Å². The monoisotopic (exact) mass is 333 g/mol. The van der Waals surface area contributed by atoms with Gasteiger partial charge in [0.25, 0.3) is 0 Å². The molecule has 1 aliphatic carbocycles. The summed E-state index contributed by atoms with van der Waals surface area (Å²) in [6.45, 7) is 0. The summed E-state index contributed by atoms with van der Waals surface area (Å²) in [7, 11) is 1.62. The molecule has 1 aromatic heterocycles. The fourth-order valence-electron chi connectivity index (χ4n) is 2.90. The highest BCUT2D eigenvalue weighted by molar-refractivity contribution is 9.10. The van der Waals surface area contributed by atoms with Crippen molar-refractivity contribution >= 4 is 15.9 Å². The summed E-state index contributed by atoms with van der Waals surface area (Å²) in [5.41, 5.74) is 3.08. The molecule has 1 heterocycles. The SMILES string of the molecule is COc1cc(Br)ccc1C(O)C1CCc2cccnc21. The molecular weight excluding hydrogens is 318 g/mol. The van der Waals surface area contributed by atoms with Gasteiger partial charge < -0.3 is 9.84 Å². The zero-order valence-corrected chi connectivity index (χ0v) is 12.8. The number of pyridine rings is 1. The van der Waals surface area contributed by atoms with Gasteiger partial charge >= 0.3 is 0 Å². The molecule has 0 spiro atoms. The maximum absolute atomic E-state index is 10.7. The number of aryl methyl sites for hydroxylation is 1. The van der Waals surface area contributed by atoms with Crippen LogP contribution in [0.5, 0.6) is 5.75 Å². The van der Waals surface area contributed by atoms with Gasteiger partial charge in [-0.3, -0.25) is 4.98 Å².